The van der Waals surface area contributed by atoms with Crippen molar-refractivity contribution in [1.29, 1.82) is 0 Å². The van der Waals surface area contributed by atoms with Crippen molar-refractivity contribution in [2.24, 2.45) is 0 Å². The molecule has 0 aromatic rings. The normalized spacial score (nSPS) is 12.7. The first-order valence-electron chi connectivity index (χ1n) is 22.4. The fourth-order valence-electron chi connectivity index (χ4n) is 6.39. The van der Waals surface area contributed by atoms with Crippen LogP contribution in [0.4, 0.5) is 0 Å². The van der Waals surface area contributed by atoms with Crippen LogP contribution >= 0.6 is 21.6 Å². The molecule has 0 bridgehead atoms. The van der Waals surface area contributed by atoms with Gasteiger partial charge in [0.15, 0.2) is 0 Å². The van der Waals surface area contributed by atoms with E-state index in [9.17, 15) is 0 Å². The van der Waals surface area contributed by atoms with E-state index in [1.165, 1.54) is 173 Å². The fraction of sp³-hybridized carbons (Fsp3) is 0.911. The van der Waals surface area contributed by atoms with Gasteiger partial charge in [-0.3, -0.25) is 4.90 Å². The summed E-state index contributed by atoms with van der Waals surface area (Å²) in [6.07, 6.45) is 48.3. The lowest BCUT2D eigenvalue weighted by atomic mass is 10.1. The highest BCUT2D eigenvalue weighted by Crippen LogP contribution is 2.26. The zero-order valence-corrected chi connectivity index (χ0v) is 38.2. The molecular formula is C45H89NO3S2Si. The third-order valence-electron chi connectivity index (χ3n) is 9.72. The molecule has 7 heteroatoms. The summed E-state index contributed by atoms with van der Waals surface area (Å²) in [6.45, 7) is 12.3. The van der Waals surface area contributed by atoms with E-state index in [2.05, 4.69) is 57.0 Å². The average molecular weight is 784 g/mol. The third-order valence-corrected chi connectivity index (χ3v) is 14.0. The molecule has 0 saturated carbocycles. The van der Waals surface area contributed by atoms with E-state index in [-0.39, 0.29) is 6.29 Å². The lowest BCUT2D eigenvalue weighted by Crippen LogP contribution is -2.40. The second kappa shape index (κ2) is 42.2. The van der Waals surface area contributed by atoms with Crippen molar-refractivity contribution in [2.75, 3.05) is 44.9 Å². The summed E-state index contributed by atoms with van der Waals surface area (Å²) < 4.78 is 19.4. The first-order valence-corrected chi connectivity index (χ1v) is 27.7. The van der Waals surface area contributed by atoms with Crippen LogP contribution in [-0.2, 0) is 13.6 Å². The zero-order chi connectivity index (χ0) is 38.1. The molecule has 0 spiro atoms. The zero-order valence-electron chi connectivity index (χ0n) is 35.5. The topological polar surface area (TPSA) is 30.9 Å². The molecule has 1 atom stereocenters. The Labute approximate surface area is 335 Å². The number of allylic oxidation sites excluding steroid dienone is 2. The second-order valence-electron chi connectivity index (χ2n) is 15.6. The van der Waals surface area contributed by atoms with Crippen LogP contribution in [0.15, 0.2) is 12.2 Å². The van der Waals surface area contributed by atoms with Crippen molar-refractivity contribution in [1.82, 2.24) is 4.90 Å². The first-order chi connectivity index (χ1) is 25.4. The van der Waals surface area contributed by atoms with Gasteiger partial charge in [0, 0.05) is 31.1 Å². The SMILES string of the molecule is C#CCN(C)CCCCCCO[Si](C)(C)OC(CCSSCCCCCCCCCCCC)OCCCCCCCC/C=C\CCCCCCCC. The fourth-order valence-corrected chi connectivity index (χ4v) is 10.1. The Bertz CT molecular complexity index is 778. The van der Waals surface area contributed by atoms with E-state index < -0.39 is 8.56 Å². The highest BCUT2D eigenvalue weighted by atomic mass is 33.1. The van der Waals surface area contributed by atoms with E-state index in [0.29, 0.717) is 0 Å². The van der Waals surface area contributed by atoms with Crippen molar-refractivity contribution in [3.63, 3.8) is 0 Å². The lowest BCUT2D eigenvalue weighted by molar-refractivity contribution is -0.0997. The van der Waals surface area contributed by atoms with E-state index in [1.54, 1.807) is 0 Å². The Morgan fingerprint density at radius 1 is 0.596 bits per heavy atom. The molecule has 0 radical (unpaired) electrons. The van der Waals surface area contributed by atoms with E-state index in [1.807, 2.05) is 21.6 Å². The predicted octanol–water partition coefficient (Wildman–Crippen LogP) is 14.9. The smallest absolute Gasteiger partial charge is 0.333 e. The quantitative estimate of drug-likeness (QED) is 0.0153. The standard InChI is InChI=1S/C45H89NO3S2Si/c1-7-10-12-14-16-18-20-21-22-23-24-25-26-28-31-35-41-47-45(38-44-51-50-43-37-33-29-27-19-17-15-13-11-8-2)49-52(5,6)48-42-36-32-30-34-40-46(4)39-9-3/h3,21-22,45H,7-8,10-20,23-44H2,1-2,4-6H3/b22-21-. The van der Waals surface area contributed by atoms with Crippen LogP contribution in [-0.4, -0.2) is 64.6 Å². The van der Waals surface area contributed by atoms with Gasteiger partial charge in [-0.25, -0.2) is 0 Å². The van der Waals surface area contributed by atoms with Gasteiger partial charge in [-0.05, 0) is 78.1 Å². The van der Waals surface area contributed by atoms with Gasteiger partial charge in [0.25, 0.3) is 0 Å². The molecule has 0 aliphatic carbocycles. The molecule has 4 nitrogen and oxygen atoms in total. The Hall–Kier alpha value is 0.0569. The van der Waals surface area contributed by atoms with Gasteiger partial charge < -0.3 is 13.6 Å². The molecule has 0 heterocycles. The van der Waals surface area contributed by atoms with Gasteiger partial charge in [-0.2, -0.15) is 0 Å². The molecule has 0 fully saturated rings. The summed E-state index contributed by atoms with van der Waals surface area (Å²) in [5.74, 6) is 5.05. The summed E-state index contributed by atoms with van der Waals surface area (Å²) in [5.41, 5.74) is 0. The number of nitrogens with zero attached hydrogens (tertiary/aromatic N) is 1. The van der Waals surface area contributed by atoms with E-state index >= 15 is 0 Å². The summed E-state index contributed by atoms with van der Waals surface area (Å²) >= 11 is 0. The molecular weight excluding hydrogens is 695 g/mol. The highest BCUT2D eigenvalue weighted by molar-refractivity contribution is 8.76. The maximum atomic E-state index is 6.61. The van der Waals surface area contributed by atoms with E-state index in [0.717, 1.165) is 51.3 Å². The van der Waals surface area contributed by atoms with Gasteiger partial charge in [0.05, 0.1) is 6.54 Å². The summed E-state index contributed by atoms with van der Waals surface area (Å²) in [7, 11) is 3.87. The monoisotopic (exact) mass is 784 g/mol. The number of ether oxygens (including phenoxy) is 1. The van der Waals surface area contributed by atoms with Crippen LogP contribution in [0.2, 0.25) is 13.1 Å². The molecule has 1 unspecified atom stereocenters. The molecule has 0 aliphatic heterocycles. The molecule has 308 valence electrons. The van der Waals surface area contributed by atoms with Crippen LogP contribution in [0.1, 0.15) is 200 Å². The number of rotatable bonds is 43. The third kappa shape index (κ3) is 41.2. The van der Waals surface area contributed by atoms with E-state index in [4.69, 9.17) is 20.0 Å². The van der Waals surface area contributed by atoms with Crippen LogP contribution in [0.3, 0.4) is 0 Å². The molecule has 0 aromatic carbocycles. The molecule has 0 aromatic heterocycles. The van der Waals surface area contributed by atoms with Crippen LogP contribution in [0.25, 0.3) is 0 Å². The van der Waals surface area contributed by atoms with Crippen molar-refractivity contribution in [3.8, 4) is 12.3 Å². The van der Waals surface area contributed by atoms with Gasteiger partial charge in [-0.1, -0.05) is 182 Å². The number of hydrogen-bond donors (Lipinski definition) is 0. The van der Waals surface area contributed by atoms with Crippen molar-refractivity contribution in [2.45, 2.75) is 219 Å². The molecule has 0 amide bonds. The molecule has 0 rings (SSSR count). The Morgan fingerprint density at radius 3 is 1.62 bits per heavy atom. The molecule has 0 aliphatic rings. The summed E-state index contributed by atoms with van der Waals surface area (Å²) in [5, 5.41) is 0. The maximum Gasteiger partial charge on any atom is 0.333 e. The minimum Gasteiger partial charge on any atom is -0.394 e. The van der Waals surface area contributed by atoms with Crippen molar-refractivity contribution in [3.05, 3.63) is 12.2 Å². The maximum absolute atomic E-state index is 6.61. The first kappa shape index (κ1) is 52.1. The second-order valence-corrected chi connectivity index (χ2v) is 21.6. The van der Waals surface area contributed by atoms with Crippen molar-refractivity contribution >= 4 is 30.1 Å². The summed E-state index contributed by atoms with van der Waals surface area (Å²) in [4.78, 5) is 2.22. The van der Waals surface area contributed by atoms with Gasteiger partial charge in [0.1, 0.15) is 6.29 Å². The van der Waals surface area contributed by atoms with Crippen LogP contribution in [0, 0.1) is 12.3 Å². The largest absolute Gasteiger partial charge is 0.394 e. The van der Waals surface area contributed by atoms with Gasteiger partial charge in [-0.15, -0.1) is 6.42 Å². The highest BCUT2D eigenvalue weighted by Gasteiger charge is 2.29. The van der Waals surface area contributed by atoms with Gasteiger partial charge in [0.2, 0.25) is 0 Å². The number of hydrogen-bond acceptors (Lipinski definition) is 6. The Morgan fingerprint density at radius 2 is 1.06 bits per heavy atom. The van der Waals surface area contributed by atoms with Crippen LogP contribution in [0.5, 0.6) is 0 Å². The number of unbranched alkanes of at least 4 members (excludes halogenated alkanes) is 24. The molecule has 52 heavy (non-hydrogen) atoms. The Kier molecular flexibility index (Phi) is 42.3. The molecule has 0 saturated heterocycles. The predicted molar refractivity (Wildman–Crippen MR) is 240 cm³/mol. The van der Waals surface area contributed by atoms with Gasteiger partial charge >= 0.3 is 8.56 Å². The summed E-state index contributed by atoms with van der Waals surface area (Å²) in [6, 6.07) is 0. The Balaban J connectivity index is 4.23. The van der Waals surface area contributed by atoms with Crippen LogP contribution < -0.4 is 0 Å². The number of terminal acetylenes is 1. The van der Waals surface area contributed by atoms with Crippen molar-refractivity contribution < 1.29 is 13.6 Å². The molecule has 0 N–H and O–H groups in total. The lowest BCUT2D eigenvalue weighted by Gasteiger charge is -2.29. The minimum absolute atomic E-state index is 0.151. The average Bonchev–Trinajstić information content (AvgIpc) is 3.12. The minimum atomic E-state index is -2.26.